The first-order valence-corrected chi connectivity index (χ1v) is 13.9. The lowest BCUT2D eigenvalue weighted by atomic mass is 10.2. The van der Waals surface area contributed by atoms with Crippen LogP contribution in [0.1, 0.15) is 61.8 Å². The summed E-state index contributed by atoms with van der Waals surface area (Å²) in [6.07, 6.45) is 1.17. The van der Waals surface area contributed by atoms with E-state index >= 15 is 0 Å². The molecule has 8 heteroatoms. The Hall–Kier alpha value is 0.194. The van der Waals surface area contributed by atoms with Gasteiger partial charge < -0.3 is 21.9 Å². The molecule has 0 bridgehead atoms. The molecule has 0 spiro atoms. The zero-order chi connectivity index (χ0) is 21.7. The zero-order valence-corrected chi connectivity index (χ0v) is 22.4. The topological polar surface area (TPSA) is 40.2 Å². The minimum atomic E-state index is -2.01. The Balaban J connectivity index is 0. The van der Waals surface area contributed by atoms with Gasteiger partial charge in [0.25, 0.3) is 0 Å². The van der Waals surface area contributed by atoms with Gasteiger partial charge in [0.1, 0.15) is 0 Å². The summed E-state index contributed by atoms with van der Waals surface area (Å²) < 4.78 is 25.6. The maximum Gasteiger partial charge on any atom is 0.587 e. The minimum Gasteiger partial charge on any atom is -0.386 e. The van der Waals surface area contributed by atoms with Crippen LogP contribution in [0.5, 0.6) is 0 Å². The summed E-state index contributed by atoms with van der Waals surface area (Å²) in [5, 5.41) is 0. The van der Waals surface area contributed by atoms with Crippen molar-refractivity contribution in [2.24, 2.45) is 0 Å². The smallest absolute Gasteiger partial charge is 0.386 e. The second kappa shape index (κ2) is 15.1. The van der Waals surface area contributed by atoms with Gasteiger partial charge in [0.05, 0.1) is 18.6 Å². The van der Waals surface area contributed by atoms with Crippen molar-refractivity contribution in [2.45, 2.75) is 79.9 Å². The second-order valence-corrected chi connectivity index (χ2v) is 13.4. The number of quaternary nitrogens is 1. The first kappa shape index (κ1) is 29.4. The van der Waals surface area contributed by atoms with E-state index in [1.54, 1.807) is 28.4 Å². The maximum atomic E-state index is 5.63. The van der Waals surface area contributed by atoms with Gasteiger partial charge >= 0.3 is 18.2 Å². The predicted molar refractivity (Wildman–Crippen MR) is 120 cm³/mol. The van der Waals surface area contributed by atoms with E-state index in [-0.39, 0.29) is 0 Å². The first-order valence-electron chi connectivity index (χ1n) is 10.5. The van der Waals surface area contributed by atoms with Crippen LogP contribution in [0.4, 0.5) is 0 Å². The summed E-state index contributed by atoms with van der Waals surface area (Å²) in [7, 11) is 3.41. The monoisotopic (exact) mass is 425 g/mol. The van der Waals surface area contributed by atoms with Crippen molar-refractivity contribution in [1.82, 2.24) is 4.57 Å². The molecule has 0 aliphatic rings. The fourth-order valence-electron chi connectivity index (χ4n) is 4.14. The molecule has 0 aromatic carbocycles. The van der Waals surface area contributed by atoms with E-state index in [2.05, 4.69) is 60.0 Å². The van der Waals surface area contributed by atoms with E-state index in [0.29, 0.717) is 12.1 Å². The Morgan fingerprint density at radius 2 is 1.22 bits per heavy atom. The number of nitrogens with zero attached hydrogens (tertiary/aromatic N) is 2. The van der Waals surface area contributed by atoms with Gasteiger partial charge in [-0.05, 0) is 47.2 Å². The fraction of sp³-hybridized carbons (Fsp3) is 1.00. The summed E-state index contributed by atoms with van der Waals surface area (Å²) >= 11 is 0. The average molecular weight is 426 g/mol. The molecule has 0 atom stereocenters. The van der Waals surface area contributed by atoms with Crippen molar-refractivity contribution in [3.63, 3.8) is 0 Å². The van der Waals surface area contributed by atoms with Crippen LogP contribution in [0, 0.1) is 0 Å². The van der Waals surface area contributed by atoms with E-state index in [9.17, 15) is 0 Å². The first-order chi connectivity index (χ1) is 12.7. The van der Waals surface area contributed by atoms with Gasteiger partial charge in [-0.15, -0.1) is 0 Å². The lowest BCUT2D eigenvalue weighted by Crippen LogP contribution is -2.68. The fourth-order valence-corrected chi connectivity index (χ4v) is 9.23. The Bertz CT molecular complexity index is 332. The van der Waals surface area contributed by atoms with Crippen LogP contribution in [-0.4, -0.2) is 87.0 Å². The molecule has 0 aliphatic carbocycles. The van der Waals surface area contributed by atoms with Crippen LogP contribution in [0.25, 0.3) is 0 Å². The molecule has 0 heterocycles. The van der Waals surface area contributed by atoms with Gasteiger partial charge in [-0.2, -0.15) is 0 Å². The van der Waals surface area contributed by atoms with Crippen molar-refractivity contribution in [3.05, 3.63) is 0 Å². The SMILES string of the molecule is CCC[N+](C(C)C)(C(C)C)[SiH](OC)OC.CCN(CC)[Si](CC)(OC)OC. The summed E-state index contributed by atoms with van der Waals surface area (Å²) in [5.74, 6) is 0. The lowest BCUT2D eigenvalue weighted by molar-refractivity contribution is -0.884. The van der Waals surface area contributed by atoms with E-state index < -0.39 is 18.2 Å². The van der Waals surface area contributed by atoms with Gasteiger partial charge in [0, 0.05) is 34.5 Å². The average Bonchev–Trinajstić information content (AvgIpc) is 2.66. The molecule has 166 valence electrons. The van der Waals surface area contributed by atoms with Crippen LogP contribution in [0.2, 0.25) is 6.04 Å². The van der Waals surface area contributed by atoms with E-state index in [4.69, 9.17) is 17.7 Å². The predicted octanol–water partition coefficient (Wildman–Crippen LogP) is 3.62. The minimum absolute atomic E-state index is 0.557. The summed E-state index contributed by atoms with van der Waals surface area (Å²) in [6, 6.07) is 2.09. The van der Waals surface area contributed by atoms with E-state index in [0.717, 1.165) is 29.8 Å². The van der Waals surface area contributed by atoms with Gasteiger partial charge in [-0.1, -0.05) is 27.7 Å². The molecule has 0 radical (unpaired) electrons. The Kier molecular flexibility index (Phi) is 16.4. The van der Waals surface area contributed by atoms with Gasteiger partial charge in [-0.25, -0.2) is 0 Å². The highest BCUT2D eigenvalue weighted by molar-refractivity contribution is 6.64. The summed E-state index contributed by atoms with van der Waals surface area (Å²) in [4.78, 5) is 0. The van der Waals surface area contributed by atoms with Gasteiger partial charge in [-0.3, -0.25) is 4.57 Å². The van der Waals surface area contributed by atoms with Crippen LogP contribution >= 0.6 is 0 Å². The molecule has 6 nitrogen and oxygen atoms in total. The Morgan fingerprint density at radius 3 is 1.37 bits per heavy atom. The van der Waals surface area contributed by atoms with Gasteiger partial charge in [0.2, 0.25) is 0 Å². The molecule has 0 saturated heterocycles. The molecule has 0 N–H and O–H groups in total. The third kappa shape index (κ3) is 7.51. The van der Waals surface area contributed by atoms with Crippen LogP contribution < -0.4 is 0 Å². The zero-order valence-electron chi connectivity index (χ0n) is 20.3. The third-order valence-corrected chi connectivity index (χ3v) is 12.5. The largest absolute Gasteiger partial charge is 0.587 e. The van der Waals surface area contributed by atoms with Gasteiger partial charge in [0.15, 0.2) is 0 Å². The van der Waals surface area contributed by atoms with Crippen molar-refractivity contribution in [3.8, 4) is 0 Å². The third-order valence-electron chi connectivity index (χ3n) is 5.66. The van der Waals surface area contributed by atoms with Crippen LogP contribution in [0.3, 0.4) is 0 Å². The molecular formula is C19H49N2O4Si2+. The number of rotatable bonds is 13. The molecule has 0 saturated carbocycles. The van der Waals surface area contributed by atoms with E-state index in [1.807, 2.05) is 0 Å². The highest BCUT2D eigenvalue weighted by Crippen LogP contribution is 2.23. The van der Waals surface area contributed by atoms with E-state index in [1.165, 1.54) is 6.42 Å². The van der Waals surface area contributed by atoms with Crippen molar-refractivity contribution in [2.75, 3.05) is 48.1 Å². The standard InChI is InChI=1S/C11H28NO2Si.C8H21NO2Si/c1-8-9-12(10(2)3,11(4)5)15(13-6)14-7;1-6-9(7-2)12(8-3,10-4)11-5/h10-11,15H,8-9H2,1-7H3;6-8H2,1-5H3/q+1;. The molecule has 0 unspecified atom stereocenters. The maximum absolute atomic E-state index is 5.63. The Labute approximate surface area is 173 Å². The molecule has 0 amide bonds. The molecule has 0 aromatic heterocycles. The van der Waals surface area contributed by atoms with Crippen molar-refractivity contribution >= 4 is 18.2 Å². The van der Waals surface area contributed by atoms with Crippen molar-refractivity contribution < 1.29 is 21.9 Å². The Morgan fingerprint density at radius 1 is 0.815 bits per heavy atom. The summed E-state index contributed by atoms with van der Waals surface area (Å²) in [5.41, 5.74) is 0. The van der Waals surface area contributed by atoms with Crippen LogP contribution in [0.15, 0.2) is 0 Å². The molecule has 0 aromatic rings. The highest BCUT2D eigenvalue weighted by Gasteiger charge is 2.46. The molecule has 0 fully saturated rings. The molecule has 27 heavy (non-hydrogen) atoms. The molecular weight excluding hydrogens is 376 g/mol. The number of hydrogen-bond acceptors (Lipinski definition) is 5. The summed E-state index contributed by atoms with van der Waals surface area (Å²) in [6.45, 7) is 20.9. The molecule has 0 aliphatic heterocycles. The normalized spacial score (nSPS) is 12.9. The quantitative estimate of drug-likeness (QED) is 0.422. The second-order valence-electron chi connectivity index (χ2n) is 7.33. The van der Waals surface area contributed by atoms with Crippen molar-refractivity contribution in [1.29, 1.82) is 0 Å². The highest BCUT2D eigenvalue weighted by atomic mass is 28.4. The van der Waals surface area contributed by atoms with Crippen LogP contribution in [-0.2, 0) is 17.7 Å². The number of hydrogen-bond donors (Lipinski definition) is 0. The molecule has 0 rings (SSSR count). The lowest BCUT2D eigenvalue weighted by Gasteiger charge is -2.48.